The van der Waals surface area contributed by atoms with E-state index in [1.165, 1.54) is 25.8 Å². The highest BCUT2D eigenvalue weighted by Gasteiger charge is 2.19. The highest BCUT2D eigenvalue weighted by Crippen LogP contribution is 2.18. The molecule has 60 valence electrons. The Hall–Kier alpha value is -0.0800. The SMILES string of the molecule is CN1CCC[C@@H]1CCCO. The average molecular weight is 143 g/mol. The lowest BCUT2D eigenvalue weighted by molar-refractivity contribution is 0.243. The van der Waals surface area contributed by atoms with Gasteiger partial charge in [0, 0.05) is 12.6 Å². The summed E-state index contributed by atoms with van der Waals surface area (Å²) in [5, 5.41) is 8.59. The molecule has 0 spiro atoms. The molecular formula is C8H17NO. The van der Waals surface area contributed by atoms with Gasteiger partial charge in [0.15, 0.2) is 0 Å². The fourth-order valence-corrected chi connectivity index (χ4v) is 1.67. The lowest BCUT2D eigenvalue weighted by atomic mass is 10.1. The summed E-state index contributed by atoms with van der Waals surface area (Å²) in [4.78, 5) is 2.40. The molecule has 0 saturated carbocycles. The van der Waals surface area contributed by atoms with Crippen molar-refractivity contribution in [2.24, 2.45) is 0 Å². The van der Waals surface area contributed by atoms with Crippen molar-refractivity contribution in [1.29, 1.82) is 0 Å². The quantitative estimate of drug-likeness (QED) is 0.633. The van der Waals surface area contributed by atoms with Gasteiger partial charge in [0.25, 0.3) is 0 Å². The lowest BCUT2D eigenvalue weighted by Crippen LogP contribution is -2.24. The number of nitrogens with zero attached hydrogens (tertiary/aromatic N) is 1. The first-order valence-corrected chi connectivity index (χ1v) is 4.15. The van der Waals surface area contributed by atoms with Crippen LogP contribution in [0, 0.1) is 0 Å². The van der Waals surface area contributed by atoms with Gasteiger partial charge in [-0.05, 0) is 39.3 Å². The molecule has 2 nitrogen and oxygen atoms in total. The van der Waals surface area contributed by atoms with E-state index < -0.39 is 0 Å². The first-order chi connectivity index (χ1) is 4.84. The molecule has 0 aromatic rings. The summed E-state index contributed by atoms with van der Waals surface area (Å²) < 4.78 is 0. The Bertz CT molecular complexity index is 95.3. The molecule has 1 heterocycles. The molecule has 0 aliphatic carbocycles. The maximum Gasteiger partial charge on any atom is 0.0431 e. The van der Waals surface area contributed by atoms with E-state index in [-0.39, 0.29) is 0 Å². The molecule has 1 aliphatic rings. The third kappa shape index (κ3) is 1.96. The Balaban J connectivity index is 2.14. The molecule has 1 N–H and O–H groups in total. The normalized spacial score (nSPS) is 27.6. The van der Waals surface area contributed by atoms with E-state index in [0.717, 1.165) is 12.5 Å². The number of hydrogen-bond acceptors (Lipinski definition) is 2. The van der Waals surface area contributed by atoms with Crippen LogP contribution in [0.4, 0.5) is 0 Å². The van der Waals surface area contributed by atoms with E-state index in [4.69, 9.17) is 5.11 Å². The van der Waals surface area contributed by atoms with Crippen molar-refractivity contribution in [3.8, 4) is 0 Å². The van der Waals surface area contributed by atoms with Gasteiger partial charge < -0.3 is 10.0 Å². The summed E-state index contributed by atoms with van der Waals surface area (Å²) in [6.45, 7) is 1.60. The van der Waals surface area contributed by atoms with E-state index in [2.05, 4.69) is 11.9 Å². The summed E-state index contributed by atoms with van der Waals surface area (Å²) >= 11 is 0. The van der Waals surface area contributed by atoms with Crippen LogP contribution in [0.15, 0.2) is 0 Å². The summed E-state index contributed by atoms with van der Waals surface area (Å²) in [6.07, 6.45) is 4.81. The molecule has 0 amide bonds. The summed E-state index contributed by atoms with van der Waals surface area (Å²) in [5.41, 5.74) is 0. The Morgan fingerprint density at radius 1 is 1.60 bits per heavy atom. The minimum absolute atomic E-state index is 0.352. The van der Waals surface area contributed by atoms with Crippen LogP contribution in [0.2, 0.25) is 0 Å². The zero-order valence-electron chi connectivity index (χ0n) is 6.71. The second-order valence-corrected chi connectivity index (χ2v) is 3.14. The molecule has 0 unspecified atom stereocenters. The fourth-order valence-electron chi connectivity index (χ4n) is 1.67. The van der Waals surface area contributed by atoms with Crippen LogP contribution in [0.1, 0.15) is 25.7 Å². The molecule has 2 heteroatoms. The Kier molecular flexibility index (Phi) is 3.16. The summed E-state index contributed by atoms with van der Waals surface area (Å²) in [6, 6.07) is 0.757. The van der Waals surface area contributed by atoms with Crippen LogP contribution in [0.25, 0.3) is 0 Å². The predicted octanol–water partition coefficient (Wildman–Crippen LogP) is 0.853. The second kappa shape index (κ2) is 3.94. The van der Waals surface area contributed by atoms with Crippen molar-refractivity contribution in [1.82, 2.24) is 4.90 Å². The fraction of sp³-hybridized carbons (Fsp3) is 1.00. The molecule has 0 radical (unpaired) electrons. The molecule has 1 rings (SSSR count). The highest BCUT2D eigenvalue weighted by molar-refractivity contribution is 4.75. The standard InChI is InChI=1S/C8H17NO/c1-9-6-2-4-8(9)5-3-7-10/h8,10H,2-7H2,1H3/t8-/m1/s1. The van der Waals surface area contributed by atoms with E-state index in [1.807, 2.05) is 0 Å². The van der Waals surface area contributed by atoms with Crippen molar-refractivity contribution in [3.63, 3.8) is 0 Å². The largest absolute Gasteiger partial charge is 0.396 e. The summed E-state index contributed by atoms with van der Waals surface area (Å²) in [5.74, 6) is 0. The van der Waals surface area contributed by atoms with Crippen LogP contribution >= 0.6 is 0 Å². The van der Waals surface area contributed by atoms with Crippen LogP contribution in [-0.2, 0) is 0 Å². The first kappa shape index (κ1) is 8.02. The van der Waals surface area contributed by atoms with Gasteiger partial charge >= 0.3 is 0 Å². The molecule has 1 aliphatic heterocycles. The van der Waals surface area contributed by atoms with Crippen molar-refractivity contribution in [2.75, 3.05) is 20.2 Å². The average Bonchev–Trinajstić information content (AvgIpc) is 2.31. The number of aliphatic hydroxyl groups excluding tert-OH is 1. The third-order valence-corrected chi connectivity index (χ3v) is 2.37. The van der Waals surface area contributed by atoms with E-state index in [1.54, 1.807) is 0 Å². The molecule has 1 fully saturated rings. The van der Waals surface area contributed by atoms with Crippen molar-refractivity contribution >= 4 is 0 Å². The second-order valence-electron chi connectivity index (χ2n) is 3.14. The van der Waals surface area contributed by atoms with Gasteiger partial charge in [-0.1, -0.05) is 0 Å². The van der Waals surface area contributed by atoms with Gasteiger partial charge in [-0.2, -0.15) is 0 Å². The maximum atomic E-state index is 8.59. The molecule has 0 aromatic carbocycles. The molecule has 0 bridgehead atoms. The molecular weight excluding hydrogens is 126 g/mol. The van der Waals surface area contributed by atoms with Gasteiger partial charge in [0.2, 0.25) is 0 Å². The Morgan fingerprint density at radius 2 is 2.40 bits per heavy atom. The minimum Gasteiger partial charge on any atom is -0.396 e. The first-order valence-electron chi connectivity index (χ1n) is 4.15. The van der Waals surface area contributed by atoms with Crippen molar-refractivity contribution in [2.45, 2.75) is 31.7 Å². The van der Waals surface area contributed by atoms with Crippen LogP contribution in [0.5, 0.6) is 0 Å². The minimum atomic E-state index is 0.352. The van der Waals surface area contributed by atoms with Gasteiger partial charge in [0.05, 0.1) is 0 Å². The number of aliphatic hydroxyl groups is 1. The zero-order chi connectivity index (χ0) is 7.40. The molecule has 10 heavy (non-hydrogen) atoms. The Morgan fingerprint density at radius 3 is 2.90 bits per heavy atom. The van der Waals surface area contributed by atoms with Gasteiger partial charge in [-0.25, -0.2) is 0 Å². The lowest BCUT2D eigenvalue weighted by Gasteiger charge is -2.18. The van der Waals surface area contributed by atoms with Crippen LogP contribution in [0.3, 0.4) is 0 Å². The van der Waals surface area contributed by atoms with Gasteiger partial charge in [0.1, 0.15) is 0 Å². The summed E-state index contributed by atoms with van der Waals surface area (Å²) in [7, 11) is 2.18. The van der Waals surface area contributed by atoms with Gasteiger partial charge in [-0.15, -0.1) is 0 Å². The third-order valence-electron chi connectivity index (χ3n) is 2.37. The topological polar surface area (TPSA) is 23.5 Å². The zero-order valence-corrected chi connectivity index (χ0v) is 6.71. The van der Waals surface area contributed by atoms with Crippen LogP contribution < -0.4 is 0 Å². The van der Waals surface area contributed by atoms with Crippen molar-refractivity contribution < 1.29 is 5.11 Å². The molecule has 0 aromatic heterocycles. The van der Waals surface area contributed by atoms with Crippen LogP contribution in [-0.4, -0.2) is 36.2 Å². The van der Waals surface area contributed by atoms with E-state index >= 15 is 0 Å². The Labute approximate surface area is 62.8 Å². The number of likely N-dealkylation sites (tertiary alicyclic amines) is 1. The maximum absolute atomic E-state index is 8.59. The predicted molar refractivity (Wildman–Crippen MR) is 42.0 cm³/mol. The molecule has 1 saturated heterocycles. The van der Waals surface area contributed by atoms with Crippen molar-refractivity contribution in [3.05, 3.63) is 0 Å². The highest BCUT2D eigenvalue weighted by atomic mass is 16.2. The number of rotatable bonds is 3. The monoisotopic (exact) mass is 143 g/mol. The van der Waals surface area contributed by atoms with Gasteiger partial charge in [-0.3, -0.25) is 0 Å². The van der Waals surface area contributed by atoms with E-state index in [9.17, 15) is 0 Å². The molecule has 1 atom stereocenters. The van der Waals surface area contributed by atoms with E-state index in [0.29, 0.717) is 6.61 Å². The number of hydrogen-bond donors (Lipinski definition) is 1. The smallest absolute Gasteiger partial charge is 0.0431 e.